The highest BCUT2D eigenvalue weighted by Crippen LogP contribution is 2.39. The Labute approximate surface area is 186 Å². The lowest BCUT2D eigenvalue weighted by molar-refractivity contribution is 0.569. The van der Waals surface area contributed by atoms with Crippen molar-refractivity contribution < 1.29 is 8.83 Å². The predicted molar refractivity (Wildman–Crippen MR) is 131 cm³/mol. The number of benzene rings is 3. The summed E-state index contributed by atoms with van der Waals surface area (Å²) in [6.07, 6.45) is 1.85. The third-order valence-corrected chi connectivity index (χ3v) is 6.05. The monoisotopic (exact) mass is 417 g/mol. The molecule has 32 heavy (non-hydrogen) atoms. The lowest BCUT2D eigenvalue weighted by Gasteiger charge is -2.22. The van der Waals surface area contributed by atoms with Gasteiger partial charge in [-0.1, -0.05) is 63.2 Å². The SMILES string of the molecule is CC(C)(C)c1cc(-c2nccc3cc(-c4cc5ccccc5o4)oc23)cc2ccccc12. The highest BCUT2D eigenvalue weighted by Gasteiger charge is 2.21. The van der Waals surface area contributed by atoms with Gasteiger partial charge in [-0.25, -0.2) is 0 Å². The van der Waals surface area contributed by atoms with Gasteiger partial charge in [-0.15, -0.1) is 0 Å². The lowest BCUT2D eigenvalue weighted by Crippen LogP contribution is -2.12. The molecule has 0 bridgehead atoms. The number of rotatable bonds is 2. The van der Waals surface area contributed by atoms with E-state index in [0.29, 0.717) is 5.76 Å². The zero-order valence-corrected chi connectivity index (χ0v) is 18.3. The average molecular weight is 418 g/mol. The molecular formula is C29H23NO2. The summed E-state index contributed by atoms with van der Waals surface area (Å²) in [7, 11) is 0. The molecule has 3 aromatic heterocycles. The first-order chi connectivity index (χ1) is 15.5. The summed E-state index contributed by atoms with van der Waals surface area (Å²) in [5.41, 5.74) is 4.84. The Morgan fingerprint density at radius 3 is 2.22 bits per heavy atom. The Kier molecular flexibility index (Phi) is 4.03. The van der Waals surface area contributed by atoms with Gasteiger partial charge in [-0.05, 0) is 58.1 Å². The molecule has 0 fully saturated rings. The zero-order chi connectivity index (χ0) is 21.9. The Morgan fingerprint density at radius 2 is 1.41 bits per heavy atom. The summed E-state index contributed by atoms with van der Waals surface area (Å²) in [5.74, 6) is 1.43. The Balaban J connectivity index is 1.56. The summed E-state index contributed by atoms with van der Waals surface area (Å²) in [4.78, 5) is 4.73. The number of hydrogen-bond donors (Lipinski definition) is 0. The van der Waals surface area contributed by atoms with Crippen molar-refractivity contribution in [2.24, 2.45) is 0 Å². The van der Waals surface area contributed by atoms with Gasteiger partial charge in [0.1, 0.15) is 11.3 Å². The second kappa shape index (κ2) is 6.83. The molecule has 0 spiro atoms. The summed E-state index contributed by atoms with van der Waals surface area (Å²) >= 11 is 0. The Morgan fingerprint density at radius 1 is 0.688 bits per heavy atom. The van der Waals surface area contributed by atoms with Gasteiger partial charge >= 0.3 is 0 Å². The molecule has 6 aromatic rings. The number of para-hydroxylation sites is 1. The summed E-state index contributed by atoms with van der Waals surface area (Å²) in [5, 5.41) is 4.55. The minimum Gasteiger partial charge on any atom is -0.453 e. The number of furan rings is 2. The van der Waals surface area contributed by atoms with Gasteiger partial charge in [0.05, 0.1) is 0 Å². The Bertz CT molecular complexity index is 1580. The van der Waals surface area contributed by atoms with Crippen LogP contribution in [0.3, 0.4) is 0 Å². The van der Waals surface area contributed by atoms with Crippen LogP contribution in [-0.2, 0) is 5.41 Å². The molecule has 156 valence electrons. The Hall–Kier alpha value is -3.85. The highest BCUT2D eigenvalue weighted by molar-refractivity contribution is 5.97. The minimum atomic E-state index is 0.00606. The molecule has 0 unspecified atom stereocenters. The van der Waals surface area contributed by atoms with E-state index < -0.39 is 0 Å². The third kappa shape index (κ3) is 3.01. The van der Waals surface area contributed by atoms with Gasteiger partial charge in [-0.3, -0.25) is 4.98 Å². The van der Waals surface area contributed by atoms with Crippen molar-refractivity contribution in [3.8, 4) is 22.8 Å². The van der Waals surface area contributed by atoms with Crippen LogP contribution < -0.4 is 0 Å². The average Bonchev–Trinajstić information content (AvgIpc) is 3.41. The summed E-state index contributed by atoms with van der Waals surface area (Å²) in [6, 6.07) is 27.0. The second-order valence-electron chi connectivity index (χ2n) is 9.33. The van der Waals surface area contributed by atoms with Crippen LogP contribution in [0.5, 0.6) is 0 Å². The molecule has 3 aromatic carbocycles. The summed E-state index contributed by atoms with van der Waals surface area (Å²) in [6.45, 7) is 6.75. The van der Waals surface area contributed by atoms with E-state index in [9.17, 15) is 0 Å². The van der Waals surface area contributed by atoms with Crippen molar-refractivity contribution in [3.63, 3.8) is 0 Å². The number of pyridine rings is 1. The maximum atomic E-state index is 6.35. The van der Waals surface area contributed by atoms with Gasteiger partial charge < -0.3 is 8.83 Å². The van der Waals surface area contributed by atoms with Crippen LogP contribution in [0.2, 0.25) is 0 Å². The maximum absolute atomic E-state index is 6.35. The minimum absolute atomic E-state index is 0.00606. The smallest absolute Gasteiger partial charge is 0.170 e. The first kappa shape index (κ1) is 18.9. The molecule has 0 radical (unpaired) electrons. The molecule has 0 saturated carbocycles. The largest absolute Gasteiger partial charge is 0.453 e. The van der Waals surface area contributed by atoms with Gasteiger partial charge in [0.2, 0.25) is 0 Å². The normalized spacial score (nSPS) is 12.2. The quantitative estimate of drug-likeness (QED) is 0.284. The van der Waals surface area contributed by atoms with Crippen molar-refractivity contribution in [3.05, 3.63) is 90.6 Å². The highest BCUT2D eigenvalue weighted by atomic mass is 16.4. The fraction of sp³-hybridized carbons (Fsp3) is 0.138. The van der Waals surface area contributed by atoms with E-state index in [4.69, 9.17) is 13.8 Å². The number of hydrogen-bond acceptors (Lipinski definition) is 3. The van der Waals surface area contributed by atoms with Gasteiger partial charge in [0.15, 0.2) is 17.1 Å². The molecule has 3 heterocycles. The third-order valence-electron chi connectivity index (χ3n) is 6.05. The molecular weight excluding hydrogens is 394 g/mol. The molecule has 0 aliphatic carbocycles. The lowest BCUT2D eigenvalue weighted by atomic mass is 9.82. The van der Waals surface area contributed by atoms with Crippen molar-refractivity contribution in [2.75, 3.05) is 0 Å². The first-order valence-electron chi connectivity index (χ1n) is 10.9. The van der Waals surface area contributed by atoms with E-state index in [-0.39, 0.29) is 5.41 Å². The van der Waals surface area contributed by atoms with Crippen LogP contribution in [0.25, 0.3) is 55.5 Å². The van der Waals surface area contributed by atoms with Crippen LogP contribution in [0.15, 0.2) is 93.9 Å². The molecule has 3 nitrogen and oxygen atoms in total. The standard InChI is InChI=1S/C29H23NO2/c1-29(2,3)23-15-21(14-18-8-4-6-10-22(18)23)27-28-20(12-13-30-27)17-26(32-28)25-16-19-9-5-7-11-24(19)31-25/h4-17H,1-3H3. The van der Waals surface area contributed by atoms with Crippen molar-refractivity contribution in [1.29, 1.82) is 0 Å². The van der Waals surface area contributed by atoms with E-state index in [1.54, 1.807) is 0 Å². The molecule has 3 heteroatoms. The summed E-state index contributed by atoms with van der Waals surface area (Å²) < 4.78 is 12.4. The van der Waals surface area contributed by atoms with Gasteiger partial charge in [0.25, 0.3) is 0 Å². The van der Waals surface area contributed by atoms with Crippen LogP contribution in [0.4, 0.5) is 0 Å². The van der Waals surface area contributed by atoms with Crippen LogP contribution in [-0.4, -0.2) is 4.98 Å². The van der Waals surface area contributed by atoms with Crippen LogP contribution in [0, 0.1) is 0 Å². The molecule has 0 aliphatic rings. The number of aromatic nitrogens is 1. The molecule has 0 saturated heterocycles. The van der Waals surface area contributed by atoms with E-state index in [1.807, 2.05) is 48.7 Å². The van der Waals surface area contributed by atoms with Gasteiger partial charge in [0, 0.05) is 22.5 Å². The second-order valence-corrected chi connectivity index (χ2v) is 9.33. The van der Waals surface area contributed by atoms with E-state index >= 15 is 0 Å². The predicted octanol–water partition coefficient (Wildman–Crippen LogP) is 8.36. The van der Waals surface area contributed by atoms with Gasteiger partial charge in [-0.2, -0.15) is 0 Å². The first-order valence-corrected chi connectivity index (χ1v) is 10.9. The van der Waals surface area contributed by atoms with Crippen molar-refractivity contribution >= 4 is 32.7 Å². The fourth-order valence-corrected chi connectivity index (χ4v) is 4.46. The molecule has 0 atom stereocenters. The number of nitrogens with zero attached hydrogens (tertiary/aromatic N) is 1. The fourth-order valence-electron chi connectivity index (χ4n) is 4.46. The van der Waals surface area contributed by atoms with E-state index in [0.717, 1.165) is 39.0 Å². The van der Waals surface area contributed by atoms with E-state index in [2.05, 4.69) is 57.2 Å². The molecule has 0 N–H and O–H groups in total. The molecule has 6 rings (SSSR count). The molecule has 0 amide bonds. The van der Waals surface area contributed by atoms with Crippen molar-refractivity contribution in [2.45, 2.75) is 26.2 Å². The molecule has 0 aliphatic heterocycles. The van der Waals surface area contributed by atoms with E-state index in [1.165, 1.54) is 16.3 Å². The number of fused-ring (bicyclic) bond motifs is 3. The zero-order valence-electron chi connectivity index (χ0n) is 18.3. The van der Waals surface area contributed by atoms with Crippen molar-refractivity contribution in [1.82, 2.24) is 4.98 Å². The topological polar surface area (TPSA) is 39.2 Å². The maximum Gasteiger partial charge on any atom is 0.170 e. The van der Waals surface area contributed by atoms with Crippen LogP contribution in [0.1, 0.15) is 26.3 Å². The van der Waals surface area contributed by atoms with Crippen LogP contribution >= 0.6 is 0 Å².